The lowest BCUT2D eigenvalue weighted by atomic mass is 9.93. The van der Waals surface area contributed by atoms with Crippen LogP contribution in [0.2, 0.25) is 0 Å². The highest BCUT2D eigenvalue weighted by Crippen LogP contribution is 2.39. The van der Waals surface area contributed by atoms with E-state index < -0.39 is 0 Å². The normalized spacial score (nSPS) is 11.0. The predicted molar refractivity (Wildman–Crippen MR) is 109 cm³/mol. The molecule has 0 amide bonds. The summed E-state index contributed by atoms with van der Waals surface area (Å²) < 4.78 is 0. The molecule has 4 aromatic carbocycles. The number of phenols is 4. The minimum atomic E-state index is 0.121. The Kier molecular flexibility index (Phi) is 4.53. The zero-order valence-electron chi connectivity index (χ0n) is 15.1. The first-order chi connectivity index (χ1) is 13.5. The number of rotatable bonds is 4. The highest BCUT2D eigenvalue weighted by atomic mass is 16.3. The van der Waals surface area contributed by atoms with Gasteiger partial charge in [-0.2, -0.15) is 0 Å². The lowest BCUT2D eigenvalue weighted by Gasteiger charge is -2.14. The molecule has 0 aliphatic rings. The maximum atomic E-state index is 10.8. The Morgan fingerprint density at radius 3 is 1.68 bits per heavy atom. The molecule has 0 radical (unpaired) electrons. The summed E-state index contributed by atoms with van der Waals surface area (Å²) in [6.07, 6.45) is 1.01. The average Bonchev–Trinajstić information content (AvgIpc) is 2.69. The standard InChI is InChI=1S/C24H20O4/c25-19-8-4-15(5-9-19)12-17-2-1-3-21-23(17)22(27)14-18(24(21)28)13-16-6-10-20(26)11-7-16/h1-11,14,25-28H,12-13H2. The van der Waals surface area contributed by atoms with Crippen molar-refractivity contribution >= 4 is 10.8 Å². The molecule has 4 nitrogen and oxygen atoms in total. The van der Waals surface area contributed by atoms with Crippen LogP contribution in [0.5, 0.6) is 23.0 Å². The average molecular weight is 372 g/mol. The monoisotopic (exact) mass is 372 g/mol. The van der Waals surface area contributed by atoms with Gasteiger partial charge in [0.05, 0.1) is 0 Å². The van der Waals surface area contributed by atoms with Crippen LogP contribution in [0.25, 0.3) is 10.8 Å². The fraction of sp³-hybridized carbons (Fsp3) is 0.0833. The molecular formula is C24H20O4. The fourth-order valence-corrected chi connectivity index (χ4v) is 3.53. The van der Waals surface area contributed by atoms with Crippen LogP contribution in [-0.2, 0) is 12.8 Å². The van der Waals surface area contributed by atoms with Crippen LogP contribution in [0.1, 0.15) is 22.3 Å². The number of phenolic OH excluding ortho intramolecular Hbond substituents is 4. The third kappa shape index (κ3) is 3.45. The number of fused-ring (bicyclic) bond motifs is 1. The third-order valence-electron chi connectivity index (χ3n) is 4.94. The lowest BCUT2D eigenvalue weighted by Crippen LogP contribution is -1.94. The van der Waals surface area contributed by atoms with E-state index in [1.165, 1.54) is 0 Å². The Hall–Kier alpha value is -3.66. The van der Waals surface area contributed by atoms with Gasteiger partial charge in [0.1, 0.15) is 23.0 Å². The minimum absolute atomic E-state index is 0.121. The SMILES string of the molecule is Oc1ccc(Cc2cc(O)c3c(Cc4ccc(O)cc4)cccc3c2O)cc1. The van der Waals surface area contributed by atoms with Gasteiger partial charge in [-0.15, -0.1) is 0 Å². The maximum Gasteiger partial charge on any atom is 0.127 e. The van der Waals surface area contributed by atoms with E-state index in [4.69, 9.17) is 0 Å². The first-order valence-electron chi connectivity index (χ1n) is 9.02. The highest BCUT2D eigenvalue weighted by Gasteiger charge is 2.15. The summed E-state index contributed by atoms with van der Waals surface area (Å²) in [6.45, 7) is 0. The summed E-state index contributed by atoms with van der Waals surface area (Å²) in [5.74, 6) is 0.665. The van der Waals surface area contributed by atoms with E-state index in [-0.39, 0.29) is 23.0 Å². The van der Waals surface area contributed by atoms with Gasteiger partial charge in [0.25, 0.3) is 0 Å². The Labute approximate surface area is 162 Å². The van der Waals surface area contributed by atoms with E-state index in [0.717, 1.165) is 16.7 Å². The molecule has 4 heteroatoms. The summed E-state index contributed by atoms with van der Waals surface area (Å²) in [6, 6.07) is 20.9. The van der Waals surface area contributed by atoms with Gasteiger partial charge in [-0.05, 0) is 53.4 Å². The van der Waals surface area contributed by atoms with Crippen molar-refractivity contribution in [3.63, 3.8) is 0 Å². The van der Waals surface area contributed by atoms with E-state index >= 15 is 0 Å². The van der Waals surface area contributed by atoms with Crippen molar-refractivity contribution in [2.24, 2.45) is 0 Å². The molecule has 0 saturated heterocycles. The quantitative estimate of drug-likeness (QED) is 0.386. The maximum absolute atomic E-state index is 10.8. The lowest BCUT2D eigenvalue weighted by molar-refractivity contribution is 0.464. The van der Waals surface area contributed by atoms with Crippen molar-refractivity contribution in [1.82, 2.24) is 0 Å². The van der Waals surface area contributed by atoms with Gasteiger partial charge >= 0.3 is 0 Å². The summed E-state index contributed by atoms with van der Waals surface area (Å²) in [5, 5.41) is 41.6. The molecule has 28 heavy (non-hydrogen) atoms. The van der Waals surface area contributed by atoms with E-state index in [1.54, 1.807) is 48.5 Å². The van der Waals surface area contributed by atoms with Crippen molar-refractivity contribution < 1.29 is 20.4 Å². The summed E-state index contributed by atoms with van der Waals surface area (Å²) in [4.78, 5) is 0. The van der Waals surface area contributed by atoms with Crippen molar-refractivity contribution in [2.45, 2.75) is 12.8 Å². The summed E-state index contributed by atoms with van der Waals surface area (Å²) in [5.41, 5.74) is 3.44. The first kappa shape index (κ1) is 17.7. The van der Waals surface area contributed by atoms with Crippen molar-refractivity contribution in [1.29, 1.82) is 0 Å². The molecular weight excluding hydrogens is 352 g/mol. The fourth-order valence-electron chi connectivity index (χ4n) is 3.53. The Balaban J connectivity index is 1.75. The first-order valence-corrected chi connectivity index (χ1v) is 9.02. The molecule has 4 N–H and O–H groups in total. The smallest absolute Gasteiger partial charge is 0.127 e. The van der Waals surface area contributed by atoms with Crippen molar-refractivity contribution in [2.75, 3.05) is 0 Å². The van der Waals surface area contributed by atoms with E-state index in [2.05, 4.69) is 0 Å². The van der Waals surface area contributed by atoms with Gasteiger partial charge in [0.15, 0.2) is 0 Å². The van der Waals surface area contributed by atoms with E-state index in [1.807, 2.05) is 24.3 Å². The Morgan fingerprint density at radius 2 is 1.11 bits per heavy atom. The molecule has 0 heterocycles. The predicted octanol–water partition coefficient (Wildman–Crippen LogP) is 4.84. The van der Waals surface area contributed by atoms with Gasteiger partial charge in [0, 0.05) is 22.8 Å². The Bertz CT molecular complexity index is 1130. The molecule has 0 atom stereocenters. The van der Waals surface area contributed by atoms with Crippen LogP contribution in [0.3, 0.4) is 0 Å². The molecule has 0 aliphatic heterocycles. The molecule has 0 unspecified atom stereocenters. The summed E-state index contributed by atoms with van der Waals surface area (Å²) in [7, 11) is 0. The van der Waals surface area contributed by atoms with Crippen LogP contribution in [0.4, 0.5) is 0 Å². The number of hydrogen-bond donors (Lipinski definition) is 4. The molecule has 0 bridgehead atoms. The summed E-state index contributed by atoms with van der Waals surface area (Å²) >= 11 is 0. The van der Waals surface area contributed by atoms with Gasteiger partial charge in [-0.25, -0.2) is 0 Å². The van der Waals surface area contributed by atoms with Crippen LogP contribution < -0.4 is 0 Å². The molecule has 0 fully saturated rings. The van der Waals surface area contributed by atoms with Crippen LogP contribution >= 0.6 is 0 Å². The zero-order valence-corrected chi connectivity index (χ0v) is 15.1. The molecule has 140 valence electrons. The van der Waals surface area contributed by atoms with Crippen LogP contribution in [0, 0.1) is 0 Å². The van der Waals surface area contributed by atoms with E-state index in [0.29, 0.717) is 29.2 Å². The van der Waals surface area contributed by atoms with Crippen molar-refractivity contribution in [3.05, 3.63) is 95.1 Å². The number of hydrogen-bond acceptors (Lipinski definition) is 4. The molecule has 4 aromatic rings. The van der Waals surface area contributed by atoms with Crippen LogP contribution in [0.15, 0.2) is 72.8 Å². The molecule has 0 aromatic heterocycles. The topological polar surface area (TPSA) is 80.9 Å². The molecule has 0 aliphatic carbocycles. The largest absolute Gasteiger partial charge is 0.508 e. The number of benzene rings is 4. The number of aromatic hydroxyl groups is 4. The second-order valence-corrected chi connectivity index (χ2v) is 6.93. The van der Waals surface area contributed by atoms with Gasteiger partial charge < -0.3 is 20.4 Å². The van der Waals surface area contributed by atoms with Crippen molar-refractivity contribution in [3.8, 4) is 23.0 Å². The highest BCUT2D eigenvalue weighted by molar-refractivity contribution is 5.96. The zero-order chi connectivity index (χ0) is 19.7. The van der Waals surface area contributed by atoms with Crippen LogP contribution in [-0.4, -0.2) is 20.4 Å². The Morgan fingerprint density at radius 1 is 0.571 bits per heavy atom. The second-order valence-electron chi connectivity index (χ2n) is 6.93. The third-order valence-corrected chi connectivity index (χ3v) is 4.94. The van der Waals surface area contributed by atoms with Gasteiger partial charge in [-0.3, -0.25) is 0 Å². The van der Waals surface area contributed by atoms with Gasteiger partial charge in [0.2, 0.25) is 0 Å². The van der Waals surface area contributed by atoms with E-state index in [9.17, 15) is 20.4 Å². The molecule has 0 saturated carbocycles. The van der Waals surface area contributed by atoms with Gasteiger partial charge in [-0.1, -0.05) is 42.5 Å². The second kappa shape index (κ2) is 7.16. The molecule has 4 rings (SSSR count). The molecule has 0 spiro atoms. The minimum Gasteiger partial charge on any atom is -0.508 e.